The number of nitrogens with one attached hydrogen (secondary N) is 1. The Morgan fingerprint density at radius 1 is 1.03 bits per heavy atom. The minimum atomic E-state index is -0.299. The normalized spacial score (nSPS) is 11.4. The standard InChI is InChI=1S/C23H22ClN5O3/c1-14-18(22(30)28(26-14)17-10-11-19(24)20(12-17)32-4)13-25-21-15(2)27(3)29(23(21)31)16-8-6-5-7-9-16/h5-13,26H,1-4H3. The topological polar surface area (TPSA) is 86.3 Å². The molecule has 2 aromatic heterocycles. The van der Waals surface area contributed by atoms with Crippen LogP contribution in [0.4, 0.5) is 5.69 Å². The molecule has 0 amide bonds. The number of ether oxygens (including phenoxy) is 1. The molecule has 0 atom stereocenters. The predicted molar refractivity (Wildman–Crippen MR) is 126 cm³/mol. The molecular formula is C23H22ClN5O3. The molecular weight excluding hydrogens is 430 g/mol. The molecule has 32 heavy (non-hydrogen) atoms. The van der Waals surface area contributed by atoms with Crippen molar-refractivity contribution in [3.8, 4) is 17.1 Å². The predicted octanol–water partition coefficient (Wildman–Crippen LogP) is 3.68. The molecule has 0 aliphatic carbocycles. The second-order valence-corrected chi connectivity index (χ2v) is 7.69. The minimum Gasteiger partial charge on any atom is -0.495 e. The van der Waals surface area contributed by atoms with Gasteiger partial charge in [-0.1, -0.05) is 29.8 Å². The molecule has 4 aromatic rings. The number of benzene rings is 2. The summed E-state index contributed by atoms with van der Waals surface area (Å²) in [5, 5.41) is 3.48. The summed E-state index contributed by atoms with van der Waals surface area (Å²) in [5.41, 5.74) is 2.68. The Hall–Kier alpha value is -3.78. The van der Waals surface area contributed by atoms with E-state index in [1.807, 2.05) is 37.3 Å². The summed E-state index contributed by atoms with van der Waals surface area (Å²) in [6.45, 7) is 3.59. The van der Waals surface area contributed by atoms with E-state index in [1.54, 1.807) is 41.5 Å². The fraction of sp³-hybridized carbons (Fsp3) is 0.174. The van der Waals surface area contributed by atoms with Crippen molar-refractivity contribution in [3.63, 3.8) is 0 Å². The lowest BCUT2D eigenvalue weighted by Crippen LogP contribution is -2.19. The molecule has 0 radical (unpaired) electrons. The van der Waals surface area contributed by atoms with Crippen LogP contribution in [0, 0.1) is 13.8 Å². The lowest BCUT2D eigenvalue weighted by Gasteiger charge is -2.07. The summed E-state index contributed by atoms with van der Waals surface area (Å²) in [5.74, 6) is 0.458. The molecule has 0 aliphatic heterocycles. The van der Waals surface area contributed by atoms with E-state index in [1.165, 1.54) is 18.0 Å². The van der Waals surface area contributed by atoms with Gasteiger partial charge >= 0.3 is 0 Å². The van der Waals surface area contributed by atoms with Gasteiger partial charge in [0.1, 0.15) is 5.75 Å². The fourth-order valence-electron chi connectivity index (χ4n) is 3.51. The highest BCUT2D eigenvalue weighted by molar-refractivity contribution is 6.32. The molecule has 4 rings (SSSR count). The summed E-state index contributed by atoms with van der Waals surface area (Å²) < 4.78 is 9.91. The first-order valence-electron chi connectivity index (χ1n) is 9.87. The molecule has 0 bridgehead atoms. The molecule has 0 fully saturated rings. The van der Waals surface area contributed by atoms with Crippen molar-refractivity contribution < 1.29 is 4.74 Å². The summed E-state index contributed by atoms with van der Waals surface area (Å²) in [6, 6.07) is 14.4. The van der Waals surface area contributed by atoms with Crippen LogP contribution < -0.4 is 15.9 Å². The van der Waals surface area contributed by atoms with Crippen LogP contribution in [-0.2, 0) is 7.05 Å². The van der Waals surface area contributed by atoms with Gasteiger partial charge in [-0.2, -0.15) is 0 Å². The number of halogens is 1. The van der Waals surface area contributed by atoms with Crippen LogP contribution >= 0.6 is 11.6 Å². The van der Waals surface area contributed by atoms with Crippen LogP contribution in [0.1, 0.15) is 17.0 Å². The van der Waals surface area contributed by atoms with Gasteiger partial charge in [0.15, 0.2) is 5.69 Å². The number of para-hydroxylation sites is 1. The number of hydrogen-bond acceptors (Lipinski definition) is 4. The van der Waals surface area contributed by atoms with E-state index in [-0.39, 0.29) is 16.8 Å². The van der Waals surface area contributed by atoms with Gasteiger partial charge in [-0.25, -0.2) is 14.4 Å². The number of aromatic nitrogens is 4. The zero-order chi connectivity index (χ0) is 23.0. The summed E-state index contributed by atoms with van der Waals surface area (Å²) in [6.07, 6.45) is 1.43. The highest BCUT2D eigenvalue weighted by Gasteiger charge is 2.17. The molecule has 0 unspecified atom stereocenters. The number of aryl methyl sites for hydroxylation is 1. The first kappa shape index (κ1) is 21.5. The van der Waals surface area contributed by atoms with Gasteiger partial charge in [0.05, 0.1) is 34.8 Å². The third-order valence-electron chi connectivity index (χ3n) is 5.36. The Balaban J connectivity index is 1.76. The van der Waals surface area contributed by atoms with E-state index < -0.39 is 0 Å². The summed E-state index contributed by atoms with van der Waals surface area (Å²) in [4.78, 5) is 30.5. The van der Waals surface area contributed by atoms with Gasteiger partial charge in [-0.3, -0.25) is 19.4 Å². The number of rotatable bonds is 5. The first-order valence-corrected chi connectivity index (χ1v) is 10.2. The lowest BCUT2D eigenvalue weighted by molar-refractivity contribution is 0.414. The zero-order valence-electron chi connectivity index (χ0n) is 18.1. The van der Waals surface area contributed by atoms with E-state index in [4.69, 9.17) is 16.3 Å². The minimum absolute atomic E-state index is 0.261. The fourth-order valence-corrected chi connectivity index (χ4v) is 3.71. The van der Waals surface area contributed by atoms with Gasteiger partial charge in [0, 0.05) is 25.0 Å². The van der Waals surface area contributed by atoms with Crippen LogP contribution in [0.3, 0.4) is 0 Å². The lowest BCUT2D eigenvalue weighted by atomic mass is 10.2. The third kappa shape index (κ3) is 3.58. The Labute approximate surface area is 188 Å². The molecule has 8 nitrogen and oxygen atoms in total. The van der Waals surface area contributed by atoms with Crippen LogP contribution in [-0.4, -0.2) is 32.5 Å². The molecule has 0 spiro atoms. The van der Waals surface area contributed by atoms with Crippen molar-refractivity contribution in [2.24, 2.45) is 12.0 Å². The number of aromatic amines is 1. The largest absolute Gasteiger partial charge is 0.495 e. The monoisotopic (exact) mass is 451 g/mol. The smallest absolute Gasteiger partial charge is 0.297 e. The number of nitrogens with zero attached hydrogens (tertiary/aromatic N) is 4. The quantitative estimate of drug-likeness (QED) is 0.469. The van der Waals surface area contributed by atoms with Gasteiger partial charge in [0.2, 0.25) is 0 Å². The number of methoxy groups -OCH3 is 1. The molecule has 164 valence electrons. The van der Waals surface area contributed by atoms with E-state index in [0.717, 1.165) is 5.69 Å². The average molecular weight is 452 g/mol. The van der Waals surface area contributed by atoms with Crippen molar-refractivity contribution in [3.05, 3.63) is 91.2 Å². The van der Waals surface area contributed by atoms with Gasteiger partial charge in [-0.05, 0) is 38.1 Å². The van der Waals surface area contributed by atoms with Crippen LogP contribution in [0.15, 0.2) is 63.1 Å². The third-order valence-corrected chi connectivity index (χ3v) is 5.67. The Kier molecular flexibility index (Phi) is 5.63. The van der Waals surface area contributed by atoms with Crippen molar-refractivity contribution in [2.45, 2.75) is 13.8 Å². The van der Waals surface area contributed by atoms with Crippen LogP contribution in [0.25, 0.3) is 11.4 Å². The number of aliphatic imine (C=N–C) groups is 1. The summed E-state index contributed by atoms with van der Waals surface area (Å²) in [7, 11) is 3.31. The Morgan fingerprint density at radius 2 is 1.75 bits per heavy atom. The van der Waals surface area contributed by atoms with Gasteiger partial charge < -0.3 is 4.74 Å². The SMILES string of the molecule is COc1cc(-n2[nH]c(C)c(C=Nc3c(C)n(C)n(-c4ccccc4)c3=O)c2=O)ccc1Cl. The van der Waals surface area contributed by atoms with E-state index >= 15 is 0 Å². The number of H-pyrrole nitrogens is 1. The average Bonchev–Trinajstić information content (AvgIpc) is 3.19. The maximum Gasteiger partial charge on any atom is 0.297 e. The van der Waals surface area contributed by atoms with Crippen molar-refractivity contribution in [1.29, 1.82) is 0 Å². The maximum absolute atomic E-state index is 13.0. The van der Waals surface area contributed by atoms with E-state index in [0.29, 0.717) is 33.4 Å². The second-order valence-electron chi connectivity index (χ2n) is 7.28. The second kappa shape index (κ2) is 8.39. The van der Waals surface area contributed by atoms with Crippen LogP contribution in [0.2, 0.25) is 5.02 Å². The molecule has 0 saturated carbocycles. The molecule has 9 heteroatoms. The highest BCUT2D eigenvalue weighted by Crippen LogP contribution is 2.26. The van der Waals surface area contributed by atoms with Crippen molar-refractivity contribution in [2.75, 3.05) is 7.11 Å². The van der Waals surface area contributed by atoms with Crippen molar-refractivity contribution in [1.82, 2.24) is 19.1 Å². The first-order chi connectivity index (χ1) is 15.3. The highest BCUT2D eigenvalue weighted by atomic mass is 35.5. The molecule has 0 saturated heterocycles. The molecule has 0 aliphatic rings. The molecule has 1 N–H and O–H groups in total. The molecule has 2 heterocycles. The van der Waals surface area contributed by atoms with Crippen molar-refractivity contribution >= 4 is 23.5 Å². The Morgan fingerprint density at radius 3 is 2.44 bits per heavy atom. The summed E-state index contributed by atoms with van der Waals surface area (Å²) >= 11 is 6.09. The Bertz CT molecular complexity index is 1440. The van der Waals surface area contributed by atoms with Gasteiger partial charge in [0.25, 0.3) is 11.1 Å². The number of hydrogen-bond donors (Lipinski definition) is 1. The maximum atomic E-state index is 13.0. The van der Waals surface area contributed by atoms with E-state index in [2.05, 4.69) is 10.1 Å². The van der Waals surface area contributed by atoms with Gasteiger partial charge in [-0.15, -0.1) is 0 Å². The van der Waals surface area contributed by atoms with E-state index in [9.17, 15) is 9.59 Å². The van der Waals surface area contributed by atoms with Crippen LogP contribution in [0.5, 0.6) is 5.75 Å². The molecule has 2 aromatic carbocycles. The zero-order valence-corrected chi connectivity index (χ0v) is 18.8.